The Kier molecular flexibility index (Phi) is 6.67. The van der Waals surface area contributed by atoms with Gasteiger partial charge in [0.2, 0.25) is 11.8 Å². The first kappa shape index (κ1) is 20.3. The number of amides is 2. The van der Waals surface area contributed by atoms with Crippen molar-refractivity contribution in [3.63, 3.8) is 0 Å². The summed E-state index contributed by atoms with van der Waals surface area (Å²) in [7, 11) is 0. The Hall–Kier alpha value is -2.41. The fourth-order valence-corrected chi connectivity index (χ4v) is 3.49. The van der Waals surface area contributed by atoms with Crippen LogP contribution in [-0.4, -0.2) is 45.6 Å². The largest absolute Gasteiger partial charge is 0.392 e. The minimum atomic E-state index is -0.723. The van der Waals surface area contributed by atoms with E-state index >= 15 is 0 Å². The maximum Gasteiger partial charge on any atom is 0.243 e. The van der Waals surface area contributed by atoms with Gasteiger partial charge < -0.3 is 20.4 Å². The fourth-order valence-electron chi connectivity index (χ4n) is 3.36. The molecule has 1 saturated heterocycles. The van der Waals surface area contributed by atoms with Crippen LogP contribution in [0.5, 0.6) is 0 Å². The molecule has 6 nitrogen and oxygen atoms in total. The third kappa shape index (κ3) is 5.10. The monoisotopic (exact) mass is 402 g/mol. The lowest BCUT2D eigenvalue weighted by molar-refractivity contribution is -0.138. The van der Waals surface area contributed by atoms with Crippen molar-refractivity contribution in [3.05, 3.63) is 70.2 Å². The number of hydrogen-bond donors (Lipinski definition) is 3. The molecule has 0 unspecified atom stereocenters. The van der Waals surface area contributed by atoms with E-state index in [0.717, 1.165) is 16.7 Å². The number of β-amino-alcohol motifs (C(OH)–C–C–N with tert-alkyl or cyclic N) is 1. The van der Waals surface area contributed by atoms with Crippen molar-refractivity contribution in [1.82, 2.24) is 10.2 Å². The van der Waals surface area contributed by atoms with Crippen molar-refractivity contribution in [1.29, 1.82) is 0 Å². The van der Waals surface area contributed by atoms with E-state index in [4.69, 9.17) is 11.6 Å². The van der Waals surface area contributed by atoms with Crippen LogP contribution in [0.1, 0.15) is 23.1 Å². The molecule has 3 N–H and O–H groups in total. The third-order valence-electron chi connectivity index (χ3n) is 4.81. The van der Waals surface area contributed by atoms with Gasteiger partial charge in [0, 0.05) is 24.5 Å². The Morgan fingerprint density at radius 2 is 1.82 bits per heavy atom. The number of carbonyl (C=O) groups excluding carboxylic acids is 2. The summed E-state index contributed by atoms with van der Waals surface area (Å²) in [6.45, 7) is 0.362. The summed E-state index contributed by atoms with van der Waals surface area (Å²) in [5.41, 5.74) is 2.39. The lowest BCUT2D eigenvalue weighted by Gasteiger charge is -2.24. The molecule has 0 saturated carbocycles. The molecule has 148 valence electrons. The molecule has 1 aliphatic rings. The lowest BCUT2D eigenvalue weighted by Crippen LogP contribution is -2.46. The van der Waals surface area contributed by atoms with Crippen LogP contribution in [0, 0.1) is 0 Å². The second-order valence-electron chi connectivity index (χ2n) is 6.95. The van der Waals surface area contributed by atoms with Crippen molar-refractivity contribution in [3.8, 4) is 0 Å². The molecular formula is C21H23ClN2O4. The molecule has 1 fully saturated rings. The van der Waals surface area contributed by atoms with Crippen LogP contribution in [-0.2, 0) is 29.2 Å². The number of nitrogens with one attached hydrogen (secondary N) is 1. The predicted octanol–water partition coefficient (Wildman–Crippen LogP) is 1.65. The van der Waals surface area contributed by atoms with Crippen molar-refractivity contribution in [2.45, 2.75) is 38.1 Å². The molecule has 2 aromatic carbocycles. The lowest BCUT2D eigenvalue weighted by atomic mass is 10.1. The van der Waals surface area contributed by atoms with Gasteiger partial charge in [-0.2, -0.15) is 0 Å². The minimum Gasteiger partial charge on any atom is -0.392 e. The number of aliphatic hydroxyl groups is 2. The van der Waals surface area contributed by atoms with Crippen LogP contribution in [0.3, 0.4) is 0 Å². The van der Waals surface area contributed by atoms with Gasteiger partial charge in [-0.3, -0.25) is 9.59 Å². The zero-order valence-electron chi connectivity index (χ0n) is 15.3. The van der Waals surface area contributed by atoms with Gasteiger partial charge >= 0.3 is 0 Å². The predicted molar refractivity (Wildman–Crippen MR) is 105 cm³/mol. The normalized spacial score (nSPS) is 18.9. The molecule has 0 aromatic heterocycles. The van der Waals surface area contributed by atoms with Gasteiger partial charge in [-0.1, -0.05) is 48.0 Å². The highest BCUT2D eigenvalue weighted by Gasteiger charge is 2.38. The first-order valence-corrected chi connectivity index (χ1v) is 9.52. The number of halogens is 1. The molecule has 2 amide bonds. The van der Waals surface area contributed by atoms with Gasteiger partial charge in [0.1, 0.15) is 6.04 Å². The van der Waals surface area contributed by atoms with Gasteiger partial charge in [-0.15, -0.1) is 0 Å². The van der Waals surface area contributed by atoms with Crippen molar-refractivity contribution >= 4 is 23.4 Å². The van der Waals surface area contributed by atoms with Crippen LogP contribution in [0.25, 0.3) is 0 Å². The highest BCUT2D eigenvalue weighted by molar-refractivity contribution is 6.30. The van der Waals surface area contributed by atoms with Gasteiger partial charge in [-0.25, -0.2) is 0 Å². The Balaban J connectivity index is 1.63. The van der Waals surface area contributed by atoms with Crippen LogP contribution < -0.4 is 5.32 Å². The molecule has 0 radical (unpaired) electrons. The first-order chi connectivity index (χ1) is 13.5. The number of likely N-dealkylation sites (tertiary alicyclic amines) is 1. The molecule has 0 aliphatic carbocycles. The molecular weight excluding hydrogens is 380 g/mol. The SMILES string of the molecule is O=C(NCc1ccc(Cl)cc1)[C@@H]1C[C@@H](O)CN1C(=O)Cc1cccc(CO)c1. The van der Waals surface area contributed by atoms with E-state index in [1.807, 2.05) is 12.1 Å². The Morgan fingerprint density at radius 1 is 1.11 bits per heavy atom. The summed E-state index contributed by atoms with van der Waals surface area (Å²) in [6.07, 6.45) is -0.393. The van der Waals surface area contributed by atoms with E-state index in [2.05, 4.69) is 5.32 Å². The van der Waals surface area contributed by atoms with E-state index in [1.54, 1.807) is 36.4 Å². The minimum absolute atomic E-state index is 0.0970. The summed E-state index contributed by atoms with van der Waals surface area (Å²) in [5.74, 6) is -0.512. The second-order valence-corrected chi connectivity index (χ2v) is 7.39. The zero-order valence-corrected chi connectivity index (χ0v) is 16.1. The van der Waals surface area contributed by atoms with E-state index in [9.17, 15) is 19.8 Å². The van der Waals surface area contributed by atoms with E-state index in [-0.39, 0.29) is 37.8 Å². The molecule has 1 heterocycles. The fraction of sp³-hybridized carbons (Fsp3) is 0.333. The van der Waals surface area contributed by atoms with Crippen LogP contribution in [0.2, 0.25) is 5.02 Å². The molecule has 1 aliphatic heterocycles. The summed E-state index contributed by atoms with van der Waals surface area (Å²) in [6, 6.07) is 13.6. The number of hydrogen-bond acceptors (Lipinski definition) is 4. The summed E-state index contributed by atoms with van der Waals surface area (Å²) in [4.78, 5) is 26.8. The number of rotatable bonds is 6. The third-order valence-corrected chi connectivity index (χ3v) is 5.06. The highest BCUT2D eigenvalue weighted by Crippen LogP contribution is 2.20. The highest BCUT2D eigenvalue weighted by atomic mass is 35.5. The Morgan fingerprint density at radius 3 is 2.54 bits per heavy atom. The molecule has 0 spiro atoms. The second kappa shape index (κ2) is 9.19. The van der Waals surface area contributed by atoms with E-state index in [0.29, 0.717) is 11.6 Å². The Bertz CT molecular complexity index is 841. The van der Waals surface area contributed by atoms with Gasteiger partial charge in [0.25, 0.3) is 0 Å². The van der Waals surface area contributed by atoms with Crippen molar-refractivity contribution in [2.75, 3.05) is 6.54 Å². The molecule has 2 aromatic rings. The van der Waals surface area contributed by atoms with Gasteiger partial charge in [0.15, 0.2) is 0 Å². The summed E-state index contributed by atoms with van der Waals surface area (Å²) in [5, 5.41) is 22.7. The molecule has 3 rings (SSSR count). The summed E-state index contributed by atoms with van der Waals surface area (Å²) >= 11 is 5.86. The number of benzene rings is 2. The quantitative estimate of drug-likeness (QED) is 0.685. The molecule has 7 heteroatoms. The maximum atomic E-state index is 12.7. The Labute approximate surface area is 168 Å². The van der Waals surface area contributed by atoms with Crippen molar-refractivity contribution < 1.29 is 19.8 Å². The van der Waals surface area contributed by atoms with Gasteiger partial charge in [0.05, 0.1) is 19.1 Å². The molecule has 28 heavy (non-hydrogen) atoms. The average molecular weight is 403 g/mol. The first-order valence-electron chi connectivity index (χ1n) is 9.14. The zero-order chi connectivity index (χ0) is 20.1. The number of nitrogens with zero attached hydrogens (tertiary/aromatic N) is 1. The van der Waals surface area contributed by atoms with Crippen LogP contribution in [0.4, 0.5) is 0 Å². The smallest absolute Gasteiger partial charge is 0.243 e. The van der Waals surface area contributed by atoms with Crippen molar-refractivity contribution in [2.24, 2.45) is 0 Å². The summed E-state index contributed by atoms with van der Waals surface area (Å²) < 4.78 is 0. The standard InChI is InChI=1S/C21H23ClN2O4/c22-17-6-4-14(5-7-17)11-23-21(28)19-10-18(26)12-24(19)20(27)9-15-2-1-3-16(8-15)13-25/h1-8,18-19,25-26H,9-13H2,(H,23,28)/t18-,19+/m1/s1. The van der Waals surface area contributed by atoms with E-state index in [1.165, 1.54) is 4.90 Å². The topological polar surface area (TPSA) is 89.9 Å². The number of carbonyl (C=O) groups is 2. The van der Waals surface area contributed by atoms with Gasteiger partial charge in [-0.05, 0) is 28.8 Å². The number of aliphatic hydroxyl groups excluding tert-OH is 2. The molecule has 0 bridgehead atoms. The average Bonchev–Trinajstić information content (AvgIpc) is 3.09. The van der Waals surface area contributed by atoms with Crippen LogP contribution in [0.15, 0.2) is 48.5 Å². The van der Waals surface area contributed by atoms with E-state index < -0.39 is 12.1 Å². The maximum absolute atomic E-state index is 12.7. The van der Waals surface area contributed by atoms with Crippen LogP contribution >= 0.6 is 11.6 Å². The molecule has 2 atom stereocenters.